The van der Waals surface area contributed by atoms with Gasteiger partial charge in [0, 0.05) is 48.2 Å². The first-order chi connectivity index (χ1) is 29.2. The highest BCUT2D eigenvalue weighted by molar-refractivity contribution is 7.25. The molecule has 1 aliphatic carbocycles. The number of hydrogen-bond donors (Lipinski definition) is 0. The number of rotatable bonds is 7. The van der Waals surface area contributed by atoms with Crippen molar-refractivity contribution >= 4 is 88.3 Å². The quantitative estimate of drug-likeness (QED) is 0.0676. The third kappa shape index (κ3) is 5.35. The third-order valence-electron chi connectivity index (χ3n) is 12.4. The van der Waals surface area contributed by atoms with Crippen molar-refractivity contribution in [1.29, 1.82) is 0 Å². The zero-order chi connectivity index (χ0) is 39.5. The van der Waals surface area contributed by atoms with Gasteiger partial charge in [-0.25, -0.2) is 0 Å². The van der Waals surface area contributed by atoms with Gasteiger partial charge in [0.25, 0.3) is 0 Å². The number of terminal acetylenes is 1. The van der Waals surface area contributed by atoms with Gasteiger partial charge >= 0.3 is 0 Å². The number of fused-ring (bicyclic) bond motifs is 9. The van der Waals surface area contributed by atoms with Gasteiger partial charge in [0.1, 0.15) is 0 Å². The predicted molar refractivity (Wildman–Crippen MR) is 254 cm³/mol. The van der Waals surface area contributed by atoms with Gasteiger partial charge in [0.15, 0.2) is 8.07 Å². The third-order valence-corrected chi connectivity index (χ3v) is 18.4. The van der Waals surface area contributed by atoms with Gasteiger partial charge in [-0.15, -0.1) is 17.8 Å². The van der Waals surface area contributed by atoms with Gasteiger partial charge in [-0.2, -0.15) is 0 Å². The Morgan fingerprint density at radius 3 is 2.29 bits per heavy atom. The number of anilines is 2. The van der Waals surface area contributed by atoms with E-state index in [1.165, 1.54) is 68.3 Å². The molecule has 0 N–H and O–H groups in total. The molecule has 0 fully saturated rings. The van der Waals surface area contributed by atoms with E-state index < -0.39 is 8.07 Å². The van der Waals surface area contributed by atoms with Gasteiger partial charge in [0.05, 0.1) is 22.8 Å². The summed E-state index contributed by atoms with van der Waals surface area (Å²) in [5.74, 6) is 3.07. The zero-order valence-electron chi connectivity index (χ0n) is 32.5. The Morgan fingerprint density at radius 2 is 1.44 bits per heavy atom. The molecule has 3 unspecified atom stereocenters. The van der Waals surface area contributed by atoms with Gasteiger partial charge in [0.2, 0.25) is 0 Å². The summed E-state index contributed by atoms with van der Waals surface area (Å²) < 4.78 is 5.08. The lowest BCUT2D eigenvalue weighted by molar-refractivity contribution is 0.745. The van der Waals surface area contributed by atoms with E-state index in [0.29, 0.717) is 0 Å². The Bertz CT molecular complexity index is 3260. The summed E-state index contributed by atoms with van der Waals surface area (Å²) >= 11 is 1.87. The minimum Gasteiger partial charge on any atom is -0.326 e. The number of aromatic nitrogens is 1. The van der Waals surface area contributed by atoms with E-state index in [9.17, 15) is 0 Å². The maximum absolute atomic E-state index is 5.95. The van der Waals surface area contributed by atoms with Crippen LogP contribution in [-0.4, -0.2) is 18.7 Å². The highest BCUT2D eigenvalue weighted by atomic mass is 32.1. The molecule has 0 radical (unpaired) electrons. The molecule has 2 aromatic heterocycles. The summed E-state index contributed by atoms with van der Waals surface area (Å²) in [6.45, 7) is 2.15. The largest absolute Gasteiger partial charge is 0.326 e. The second kappa shape index (κ2) is 14.1. The van der Waals surface area contributed by atoms with E-state index in [1.54, 1.807) is 0 Å². The fourth-order valence-electron chi connectivity index (χ4n) is 9.92. The van der Waals surface area contributed by atoms with E-state index in [1.807, 2.05) is 23.5 Å². The van der Waals surface area contributed by atoms with Crippen LogP contribution < -0.4 is 20.5 Å². The molecule has 0 bridgehead atoms. The molecule has 0 saturated heterocycles. The molecule has 3 atom stereocenters. The van der Waals surface area contributed by atoms with Crippen molar-refractivity contribution in [2.24, 2.45) is 0 Å². The van der Waals surface area contributed by atoms with E-state index >= 15 is 0 Å². The Morgan fingerprint density at radius 1 is 0.678 bits per heavy atom. The fraction of sp³-hybridized carbons (Fsp3) is 0.0545. The Labute approximate surface area is 350 Å². The van der Waals surface area contributed by atoms with Gasteiger partial charge < -0.3 is 9.47 Å². The second-order valence-corrected chi connectivity index (χ2v) is 20.2. The maximum atomic E-state index is 5.95. The number of para-hydroxylation sites is 1. The van der Waals surface area contributed by atoms with Crippen LogP contribution in [0.1, 0.15) is 18.4 Å². The van der Waals surface area contributed by atoms with E-state index in [4.69, 9.17) is 6.42 Å². The van der Waals surface area contributed by atoms with E-state index in [2.05, 4.69) is 216 Å². The molecule has 2 nitrogen and oxygen atoms in total. The van der Waals surface area contributed by atoms with Crippen molar-refractivity contribution in [1.82, 2.24) is 4.57 Å². The highest BCUT2D eigenvalue weighted by Crippen LogP contribution is 2.46. The lowest BCUT2D eigenvalue weighted by atomic mass is 9.92. The van der Waals surface area contributed by atoms with Crippen molar-refractivity contribution in [3.63, 3.8) is 0 Å². The van der Waals surface area contributed by atoms with Crippen molar-refractivity contribution in [2.45, 2.75) is 18.9 Å². The molecule has 11 rings (SSSR count). The Hall–Kier alpha value is -7.08. The first-order valence-corrected chi connectivity index (χ1v) is 23.0. The molecule has 0 amide bonds. The summed E-state index contributed by atoms with van der Waals surface area (Å²) in [6.07, 6.45) is 21.2. The average molecular weight is 787 g/mol. The van der Waals surface area contributed by atoms with Crippen molar-refractivity contribution in [2.75, 3.05) is 4.90 Å². The summed E-state index contributed by atoms with van der Waals surface area (Å²) in [5.41, 5.74) is 7.06. The average Bonchev–Trinajstić information content (AvgIpc) is 3.95. The molecule has 0 spiro atoms. The maximum Gasteiger partial charge on any atom is 0.179 e. The van der Waals surface area contributed by atoms with Crippen LogP contribution in [0.5, 0.6) is 0 Å². The molecule has 1 aliphatic heterocycles. The van der Waals surface area contributed by atoms with Gasteiger partial charge in [-0.3, -0.25) is 0 Å². The van der Waals surface area contributed by atoms with Crippen LogP contribution in [0.3, 0.4) is 0 Å². The molecule has 4 heteroatoms. The molecular weight excluding hydrogens is 749 g/mol. The molecule has 9 aromatic rings. The molecule has 3 heterocycles. The number of nitrogens with zero attached hydrogens (tertiary/aromatic N) is 2. The predicted octanol–water partition coefficient (Wildman–Crippen LogP) is 11.6. The summed E-state index contributed by atoms with van der Waals surface area (Å²) in [6, 6.07) is 63.2. The monoisotopic (exact) mass is 786 g/mol. The van der Waals surface area contributed by atoms with Crippen LogP contribution in [-0.2, 0) is 0 Å². The summed E-state index contributed by atoms with van der Waals surface area (Å²) in [4.78, 5) is 2.45. The summed E-state index contributed by atoms with van der Waals surface area (Å²) in [5, 5.41) is 10.2. The van der Waals surface area contributed by atoms with Crippen molar-refractivity contribution < 1.29 is 0 Å². The minimum atomic E-state index is -2.99. The highest BCUT2D eigenvalue weighted by Gasteiger charge is 2.43. The second-order valence-electron chi connectivity index (χ2n) is 15.3. The van der Waals surface area contributed by atoms with Crippen LogP contribution in [0.4, 0.5) is 11.4 Å². The van der Waals surface area contributed by atoms with Crippen LogP contribution in [0.25, 0.3) is 47.7 Å². The number of benzene rings is 6. The standard InChI is InChI=1S/C55H38N2SSi/c1-3-5-19-40(4-2)59(41-20-7-6-8-21-41,43-22-17-18-39(35-43)57-50-27-13-9-23-44(50)45-24-10-14-28-51(45)57)42-33-31-38(32-34-42)56-52-29-15-11-25-46(52)48-37-55-49(36-53(48)56)47-26-12-16-30-54(47)58-55/h1,4-13,15-27,29-37,44,50H,2H3/b19-5-,40-4+. The zero-order valence-corrected chi connectivity index (χ0v) is 34.3. The smallest absolute Gasteiger partial charge is 0.179 e. The molecular formula is C55H38N2SSi. The summed E-state index contributed by atoms with van der Waals surface area (Å²) in [7, 11) is -2.99. The number of allylic oxidation sites excluding steroid dienone is 6. The minimum absolute atomic E-state index is 0.159. The molecule has 2 aliphatic rings. The van der Waals surface area contributed by atoms with Crippen molar-refractivity contribution in [3.8, 4) is 18.0 Å². The SMILES string of the molecule is C#C/C=C\C(=C/C)[Si](c1ccccc1)(c1ccc(-n2c3ccccc3c3cc4sc5ccccc5c4cc32)cc1)c1cccc(N2c3c#cccc3C3C=CC=CC32)c1. The van der Waals surface area contributed by atoms with Crippen molar-refractivity contribution in [3.05, 3.63) is 217 Å². The molecule has 7 aromatic carbocycles. The first kappa shape index (κ1) is 35.1. The topological polar surface area (TPSA) is 8.17 Å². The van der Waals surface area contributed by atoms with Crippen LogP contribution in [0, 0.1) is 24.5 Å². The number of hydrogen-bond acceptors (Lipinski definition) is 2. The molecule has 59 heavy (non-hydrogen) atoms. The van der Waals surface area contributed by atoms with Crippen LogP contribution in [0.15, 0.2) is 199 Å². The van der Waals surface area contributed by atoms with E-state index in [0.717, 1.165) is 17.1 Å². The Balaban J connectivity index is 1.13. The van der Waals surface area contributed by atoms with Gasteiger partial charge in [-0.1, -0.05) is 139 Å². The fourth-order valence-corrected chi connectivity index (χ4v) is 15.9. The lowest BCUT2D eigenvalue weighted by Gasteiger charge is -2.36. The van der Waals surface area contributed by atoms with Crippen LogP contribution >= 0.6 is 11.3 Å². The number of thiophene rings is 1. The first-order valence-electron chi connectivity index (χ1n) is 20.2. The van der Waals surface area contributed by atoms with Gasteiger partial charge in [-0.05, 0) is 106 Å². The Kier molecular flexibility index (Phi) is 8.38. The molecule has 278 valence electrons. The van der Waals surface area contributed by atoms with Crippen LogP contribution in [0.2, 0.25) is 0 Å². The normalized spacial score (nSPS) is 17.1. The lowest BCUT2D eigenvalue weighted by Crippen LogP contribution is -2.68. The molecule has 0 saturated carbocycles. The van der Waals surface area contributed by atoms with E-state index in [-0.39, 0.29) is 12.0 Å².